The second kappa shape index (κ2) is 6.07. The molecule has 1 heterocycles. The molecule has 0 radical (unpaired) electrons. The number of nitrogens with zero attached hydrogens (tertiary/aromatic N) is 2. The molecule has 0 bridgehead atoms. The predicted molar refractivity (Wildman–Crippen MR) is 75.6 cm³/mol. The van der Waals surface area contributed by atoms with E-state index in [1.807, 2.05) is 19.9 Å². The van der Waals surface area contributed by atoms with Crippen LogP contribution in [0.5, 0.6) is 0 Å². The van der Waals surface area contributed by atoms with Crippen LogP contribution in [-0.2, 0) is 12.7 Å². The first-order chi connectivity index (χ1) is 9.79. The van der Waals surface area contributed by atoms with E-state index in [4.69, 9.17) is 11.6 Å². The summed E-state index contributed by atoms with van der Waals surface area (Å²) in [6.07, 6.45) is -3.20. The minimum atomic E-state index is -4.47. The lowest BCUT2D eigenvalue weighted by atomic mass is 10.1. The van der Waals surface area contributed by atoms with Gasteiger partial charge >= 0.3 is 6.18 Å². The van der Waals surface area contributed by atoms with Crippen LogP contribution < -0.4 is 5.32 Å². The monoisotopic (exact) mass is 317 g/mol. The Morgan fingerprint density at radius 2 is 2.00 bits per heavy atom. The first kappa shape index (κ1) is 15.9. The zero-order chi connectivity index (χ0) is 15.6. The van der Waals surface area contributed by atoms with Gasteiger partial charge in [0.25, 0.3) is 0 Å². The van der Waals surface area contributed by atoms with Gasteiger partial charge in [0.05, 0.1) is 10.7 Å². The molecule has 2 aromatic rings. The standard InChI is InChI=1S/C14H15ClF3N3/c1-9(2)19-8-10-4-3-5-11(15)13(10)21-7-6-12(20-21)14(16,17)18/h3-7,9,19H,8H2,1-2H3. The van der Waals surface area contributed by atoms with Gasteiger partial charge in [-0.25, -0.2) is 4.68 Å². The van der Waals surface area contributed by atoms with Crippen LogP contribution in [0.4, 0.5) is 13.2 Å². The van der Waals surface area contributed by atoms with Crippen LogP contribution in [0.15, 0.2) is 30.5 Å². The van der Waals surface area contributed by atoms with Gasteiger partial charge in [0.15, 0.2) is 5.69 Å². The molecule has 2 rings (SSSR count). The van der Waals surface area contributed by atoms with E-state index in [0.29, 0.717) is 17.3 Å². The maximum atomic E-state index is 12.7. The van der Waals surface area contributed by atoms with Gasteiger partial charge in [-0.1, -0.05) is 37.6 Å². The highest BCUT2D eigenvalue weighted by Crippen LogP contribution is 2.30. The Balaban J connectivity index is 2.40. The van der Waals surface area contributed by atoms with Crippen LogP contribution in [-0.4, -0.2) is 15.8 Å². The third kappa shape index (κ3) is 3.77. The van der Waals surface area contributed by atoms with E-state index in [1.165, 1.54) is 10.9 Å². The Kier molecular flexibility index (Phi) is 4.58. The normalized spacial score (nSPS) is 12.1. The van der Waals surface area contributed by atoms with Crippen molar-refractivity contribution in [1.29, 1.82) is 0 Å². The Hall–Kier alpha value is -1.53. The number of para-hydroxylation sites is 1. The number of aromatic nitrogens is 2. The fraction of sp³-hybridized carbons (Fsp3) is 0.357. The van der Waals surface area contributed by atoms with Crippen LogP contribution in [0.2, 0.25) is 5.02 Å². The van der Waals surface area contributed by atoms with Crippen LogP contribution >= 0.6 is 11.6 Å². The average Bonchev–Trinajstić information content (AvgIpc) is 2.85. The molecule has 1 N–H and O–H groups in total. The molecule has 114 valence electrons. The van der Waals surface area contributed by atoms with Crippen molar-refractivity contribution >= 4 is 11.6 Å². The zero-order valence-electron chi connectivity index (χ0n) is 11.6. The van der Waals surface area contributed by atoms with Gasteiger partial charge in [0.2, 0.25) is 0 Å². The molecule has 0 fully saturated rings. The van der Waals surface area contributed by atoms with Crippen molar-refractivity contribution in [1.82, 2.24) is 15.1 Å². The number of nitrogens with one attached hydrogen (secondary N) is 1. The molecule has 1 aromatic carbocycles. The predicted octanol–water partition coefficient (Wildman–Crippen LogP) is 4.04. The van der Waals surface area contributed by atoms with Gasteiger partial charge in [0.1, 0.15) is 0 Å². The number of rotatable bonds is 4. The molecule has 0 aliphatic carbocycles. The van der Waals surface area contributed by atoms with E-state index in [1.54, 1.807) is 12.1 Å². The average molecular weight is 318 g/mol. The van der Waals surface area contributed by atoms with Gasteiger partial charge in [0, 0.05) is 18.8 Å². The minimum absolute atomic E-state index is 0.250. The molecule has 3 nitrogen and oxygen atoms in total. The molecule has 0 saturated carbocycles. The first-order valence-corrected chi connectivity index (χ1v) is 6.81. The fourth-order valence-electron chi connectivity index (χ4n) is 1.87. The van der Waals surface area contributed by atoms with Gasteiger partial charge in [-0.05, 0) is 17.7 Å². The lowest BCUT2D eigenvalue weighted by molar-refractivity contribution is -0.141. The summed E-state index contributed by atoms with van der Waals surface area (Å²) in [5, 5.41) is 7.15. The molecule has 0 unspecified atom stereocenters. The maximum Gasteiger partial charge on any atom is 0.435 e. The molecule has 0 aliphatic heterocycles. The molecule has 0 amide bonds. The Morgan fingerprint density at radius 1 is 1.29 bits per heavy atom. The molecule has 0 aliphatic rings. The van der Waals surface area contributed by atoms with Crippen molar-refractivity contribution in [2.45, 2.75) is 32.6 Å². The number of alkyl halides is 3. The third-order valence-corrected chi connectivity index (χ3v) is 3.18. The van der Waals surface area contributed by atoms with Crippen molar-refractivity contribution in [2.75, 3.05) is 0 Å². The van der Waals surface area contributed by atoms with E-state index in [0.717, 1.165) is 11.6 Å². The SMILES string of the molecule is CC(C)NCc1cccc(Cl)c1-n1ccc(C(F)(F)F)n1. The molecule has 0 spiro atoms. The van der Waals surface area contributed by atoms with Crippen molar-refractivity contribution in [3.05, 3.63) is 46.7 Å². The molecule has 1 aromatic heterocycles. The quantitative estimate of drug-likeness (QED) is 0.922. The Bertz CT molecular complexity index is 620. The van der Waals surface area contributed by atoms with Crippen LogP contribution in [0, 0.1) is 0 Å². The molecule has 0 atom stereocenters. The smallest absolute Gasteiger partial charge is 0.310 e. The Morgan fingerprint density at radius 3 is 2.57 bits per heavy atom. The maximum absolute atomic E-state index is 12.7. The van der Waals surface area contributed by atoms with Crippen molar-refractivity contribution in [3.63, 3.8) is 0 Å². The van der Waals surface area contributed by atoms with Crippen molar-refractivity contribution in [2.24, 2.45) is 0 Å². The summed E-state index contributed by atoms with van der Waals surface area (Å²) in [4.78, 5) is 0. The third-order valence-electron chi connectivity index (χ3n) is 2.88. The molecular weight excluding hydrogens is 303 g/mol. The van der Waals surface area contributed by atoms with Gasteiger partial charge in [-0.15, -0.1) is 0 Å². The highest BCUT2D eigenvalue weighted by molar-refractivity contribution is 6.32. The van der Waals surface area contributed by atoms with E-state index < -0.39 is 11.9 Å². The molecular formula is C14H15ClF3N3. The van der Waals surface area contributed by atoms with Crippen LogP contribution in [0.3, 0.4) is 0 Å². The lowest BCUT2D eigenvalue weighted by Crippen LogP contribution is -2.22. The number of halogens is 4. The van der Waals surface area contributed by atoms with Crippen molar-refractivity contribution < 1.29 is 13.2 Å². The topological polar surface area (TPSA) is 29.9 Å². The summed E-state index contributed by atoms with van der Waals surface area (Å²) in [7, 11) is 0. The highest BCUT2D eigenvalue weighted by atomic mass is 35.5. The highest BCUT2D eigenvalue weighted by Gasteiger charge is 2.33. The second-order valence-corrected chi connectivity index (χ2v) is 5.33. The minimum Gasteiger partial charge on any atom is -0.310 e. The van der Waals surface area contributed by atoms with Gasteiger partial charge in [-0.2, -0.15) is 18.3 Å². The lowest BCUT2D eigenvalue weighted by Gasteiger charge is -2.14. The molecule has 21 heavy (non-hydrogen) atoms. The molecule has 7 heteroatoms. The van der Waals surface area contributed by atoms with E-state index >= 15 is 0 Å². The largest absolute Gasteiger partial charge is 0.435 e. The summed E-state index contributed by atoms with van der Waals surface area (Å²) in [5.74, 6) is 0. The van der Waals surface area contributed by atoms with Crippen LogP contribution in [0.1, 0.15) is 25.1 Å². The summed E-state index contributed by atoms with van der Waals surface area (Å²) in [6, 6.07) is 6.39. The van der Waals surface area contributed by atoms with Crippen LogP contribution in [0.25, 0.3) is 5.69 Å². The van der Waals surface area contributed by atoms with Gasteiger partial charge < -0.3 is 5.32 Å². The summed E-state index contributed by atoms with van der Waals surface area (Å²) in [5.41, 5.74) is 0.307. The summed E-state index contributed by atoms with van der Waals surface area (Å²) in [6.45, 7) is 4.47. The summed E-state index contributed by atoms with van der Waals surface area (Å²) < 4.78 is 39.1. The van der Waals surface area contributed by atoms with Gasteiger partial charge in [-0.3, -0.25) is 0 Å². The Labute approximate surface area is 125 Å². The molecule has 0 saturated heterocycles. The van der Waals surface area contributed by atoms with Crippen molar-refractivity contribution in [3.8, 4) is 5.69 Å². The number of hydrogen-bond acceptors (Lipinski definition) is 2. The zero-order valence-corrected chi connectivity index (χ0v) is 12.3. The fourth-order valence-corrected chi connectivity index (χ4v) is 2.15. The first-order valence-electron chi connectivity index (χ1n) is 6.43. The van der Waals surface area contributed by atoms with E-state index in [-0.39, 0.29) is 6.04 Å². The van der Waals surface area contributed by atoms with E-state index in [9.17, 15) is 13.2 Å². The van der Waals surface area contributed by atoms with E-state index in [2.05, 4.69) is 10.4 Å². The number of benzene rings is 1. The second-order valence-electron chi connectivity index (χ2n) is 4.93. The summed E-state index contributed by atoms with van der Waals surface area (Å²) >= 11 is 6.13. The number of hydrogen-bond donors (Lipinski definition) is 1.